The summed E-state index contributed by atoms with van der Waals surface area (Å²) in [4.78, 5) is 0. The van der Waals surface area contributed by atoms with Gasteiger partial charge in [0, 0.05) is 20.1 Å². The minimum absolute atomic E-state index is 0. The molecule has 19 heteroatoms. The minimum Gasteiger partial charge on any atom is -0.340 e. The van der Waals surface area contributed by atoms with Crippen molar-refractivity contribution in [2.45, 2.75) is 55.9 Å². The van der Waals surface area contributed by atoms with Gasteiger partial charge in [0.05, 0.1) is 5.92 Å². The first kappa shape index (κ1) is 36.1. The van der Waals surface area contributed by atoms with Crippen molar-refractivity contribution in [3.05, 3.63) is 59.5 Å². The Morgan fingerprint density at radius 1 is 0.925 bits per heavy atom. The number of ether oxygens (including phenoxy) is 2. The van der Waals surface area contributed by atoms with Crippen molar-refractivity contribution in [1.82, 2.24) is 0 Å². The Bertz CT molecular complexity index is 1100. The molecule has 0 N–H and O–H groups in total. The zero-order valence-corrected chi connectivity index (χ0v) is 20.9. The molecule has 1 aliphatic rings. The lowest BCUT2D eigenvalue weighted by Gasteiger charge is -2.52. The smallest absolute Gasteiger partial charge is 0.340 e. The van der Waals surface area contributed by atoms with E-state index in [1.807, 2.05) is 0 Å². The fourth-order valence-corrected chi connectivity index (χ4v) is 6.20. The van der Waals surface area contributed by atoms with Crippen LogP contribution < -0.4 is 0 Å². The number of benzene rings is 1. The third kappa shape index (κ3) is 5.85. The van der Waals surface area contributed by atoms with Gasteiger partial charge in [0.1, 0.15) is 5.83 Å². The normalized spacial score (nSPS) is 30.2. The molecule has 0 heterocycles. The van der Waals surface area contributed by atoms with Crippen molar-refractivity contribution in [2.24, 2.45) is 0 Å². The number of alkyl halides is 7. The Kier molecular flexibility index (Phi) is 10.9. The van der Waals surface area contributed by atoms with Gasteiger partial charge in [-0.05, 0) is 30.4 Å². The van der Waals surface area contributed by atoms with E-state index in [4.69, 9.17) is 0 Å². The van der Waals surface area contributed by atoms with E-state index in [1.54, 1.807) is 0 Å². The highest BCUT2D eigenvalue weighted by molar-refractivity contribution is 6.65. The van der Waals surface area contributed by atoms with Crippen LogP contribution in [0.4, 0.5) is 56.8 Å². The predicted octanol–water partition coefficient (Wildman–Crippen LogP) is 6.36. The highest BCUT2D eigenvalue weighted by Crippen LogP contribution is 2.66. The van der Waals surface area contributed by atoms with Crippen molar-refractivity contribution in [3.8, 4) is 0 Å². The first-order valence-corrected chi connectivity index (χ1v) is 12.4. The van der Waals surface area contributed by atoms with Crippen LogP contribution in [0.5, 0.6) is 0 Å². The number of hydrogen-bond donors (Lipinski definition) is 0. The largest absolute Gasteiger partial charge is 0.602 e. The van der Waals surface area contributed by atoms with Gasteiger partial charge in [0.15, 0.2) is 5.83 Å². The van der Waals surface area contributed by atoms with E-state index in [1.165, 1.54) is 0 Å². The number of hydrogen-bond acceptors (Lipinski definition) is 4. The molecular formula is C21H23F13O4Si2. The molecule has 1 aromatic carbocycles. The second-order valence-electron chi connectivity index (χ2n) is 7.93. The fourth-order valence-electron chi connectivity index (χ4n) is 4.03. The monoisotopic (exact) mass is 642 g/mol. The van der Waals surface area contributed by atoms with Crippen LogP contribution in [-0.2, 0) is 18.3 Å². The first-order chi connectivity index (χ1) is 17.7. The van der Waals surface area contributed by atoms with Gasteiger partial charge in [-0.3, -0.25) is 4.43 Å². The molecule has 0 saturated heterocycles. The maximum absolute atomic E-state index is 16.6. The molecule has 0 bridgehead atoms. The van der Waals surface area contributed by atoms with Crippen LogP contribution in [0, 0.1) is 0 Å². The fraction of sp³-hybridized carbons (Fsp3) is 0.524. The Hall–Kier alpha value is -1.94. The molecule has 1 aromatic rings. The minimum atomic E-state index is -8.50. The lowest BCUT2D eigenvalue weighted by Crippen LogP contribution is -2.79. The average Bonchev–Trinajstić information content (AvgIpc) is 2.80. The average molecular weight is 643 g/mol. The molecule has 0 saturated carbocycles. The highest BCUT2D eigenvalue weighted by Gasteiger charge is 2.91. The van der Waals surface area contributed by atoms with Crippen molar-refractivity contribution in [2.75, 3.05) is 13.2 Å². The Balaban J connectivity index is 0.00000800. The molecule has 0 radical (unpaired) electrons. The molecule has 2 rings (SSSR count). The maximum atomic E-state index is 16.6. The van der Waals surface area contributed by atoms with Crippen LogP contribution in [0.25, 0.3) is 0 Å². The van der Waals surface area contributed by atoms with Gasteiger partial charge >= 0.3 is 27.4 Å². The van der Waals surface area contributed by atoms with Crippen LogP contribution in [-0.4, -0.2) is 62.3 Å². The Labute approximate surface area is 224 Å². The number of rotatable bonds is 10. The van der Waals surface area contributed by atoms with E-state index >= 15 is 26.1 Å². The summed E-state index contributed by atoms with van der Waals surface area (Å²) in [5, 5.41) is -6.35. The van der Waals surface area contributed by atoms with Crippen molar-refractivity contribution in [3.63, 3.8) is 0 Å². The van der Waals surface area contributed by atoms with Gasteiger partial charge in [-0.2, -0.15) is 13.2 Å². The van der Waals surface area contributed by atoms with E-state index < -0.39 is 86.4 Å². The van der Waals surface area contributed by atoms with E-state index in [9.17, 15) is 30.7 Å². The molecule has 0 amide bonds. The topological polar surface area (TPSA) is 36.9 Å². The Morgan fingerprint density at radius 2 is 1.45 bits per heavy atom. The molecule has 1 aliphatic carbocycles. The van der Waals surface area contributed by atoms with Gasteiger partial charge in [-0.15, -0.1) is 13.2 Å². The van der Waals surface area contributed by atoms with E-state index in [0.717, 1.165) is 25.1 Å². The summed E-state index contributed by atoms with van der Waals surface area (Å²) in [5.74, 6) is -20.0. The summed E-state index contributed by atoms with van der Waals surface area (Å²) in [6.07, 6.45) is -10.4. The van der Waals surface area contributed by atoms with E-state index in [0.29, 0.717) is 19.1 Å². The quantitative estimate of drug-likeness (QED) is 0.129. The van der Waals surface area contributed by atoms with Gasteiger partial charge in [-0.1, -0.05) is 30.3 Å². The van der Waals surface area contributed by atoms with Crippen molar-refractivity contribution in [1.29, 1.82) is 0 Å². The van der Waals surface area contributed by atoms with Gasteiger partial charge in [0.25, 0.3) is 11.1 Å². The van der Waals surface area contributed by atoms with Gasteiger partial charge < -0.3 is 13.9 Å². The highest BCUT2D eigenvalue weighted by atomic mass is 28.4. The summed E-state index contributed by atoms with van der Waals surface area (Å²) in [6.45, 7) is -0.929. The zero-order valence-electron chi connectivity index (χ0n) is 19.9. The van der Waals surface area contributed by atoms with Crippen molar-refractivity contribution < 1.29 is 75.1 Å². The van der Waals surface area contributed by atoms with Crippen molar-refractivity contribution >= 4 is 19.9 Å². The first-order valence-electron chi connectivity index (χ1n) is 10.7. The molecular weight excluding hydrogens is 619 g/mol. The van der Waals surface area contributed by atoms with Crippen LogP contribution in [0.3, 0.4) is 0 Å². The molecule has 0 fully saturated rings. The molecule has 0 spiro atoms. The summed E-state index contributed by atoms with van der Waals surface area (Å²) in [7, 11) is -8.50. The van der Waals surface area contributed by atoms with E-state index in [-0.39, 0.29) is 17.9 Å². The molecule has 0 aliphatic heterocycles. The zero-order chi connectivity index (χ0) is 30.2. The SMILES string of the molecule is CCOC(C)(F)O[Si](F)(OC(F)(F)F)C1(F)C(F)=C(F)C(c2ccccc2)C(F)(C(F)=C(F)F)C1(F)OCC.[SiH4]. The molecule has 0 aromatic heterocycles. The van der Waals surface area contributed by atoms with Gasteiger partial charge in [0.2, 0.25) is 11.5 Å². The molecule has 40 heavy (non-hydrogen) atoms. The van der Waals surface area contributed by atoms with E-state index in [2.05, 4.69) is 18.3 Å². The summed E-state index contributed by atoms with van der Waals surface area (Å²) in [6, 6.07) is -0.164. The van der Waals surface area contributed by atoms with Crippen LogP contribution in [0.1, 0.15) is 32.3 Å². The third-order valence-electron chi connectivity index (χ3n) is 5.41. The number of halogens is 13. The summed E-state index contributed by atoms with van der Waals surface area (Å²) >= 11 is 0. The summed E-state index contributed by atoms with van der Waals surface area (Å²) < 4.78 is 207. The molecule has 6 unspecified atom stereocenters. The van der Waals surface area contributed by atoms with Crippen LogP contribution in [0.15, 0.2) is 53.9 Å². The second-order valence-corrected chi connectivity index (χ2v) is 10.1. The molecule has 4 nitrogen and oxygen atoms in total. The Morgan fingerprint density at radius 3 is 1.88 bits per heavy atom. The lowest BCUT2D eigenvalue weighted by molar-refractivity contribution is -0.343. The summed E-state index contributed by atoms with van der Waals surface area (Å²) in [5.41, 5.74) is -6.78. The van der Waals surface area contributed by atoms with Crippen LogP contribution >= 0.6 is 0 Å². The molecule has 230 valence electrons. The van der Waals surface area contributed by atoms with Gasteiger partial charge in [-0.25, -0.2) is 30.5 Å². The standard InChI is InChI=1S/C21H19F13O4Si.H4Si/c1-4-35-17(3,27)37-39(34,38-21(31,32)33)19(29)14(23)13(22)12(11-9-7-6-8-10-11)18(28,15(24)16(25)26)20(19,30)36-5-2;/h6-10,12H,4-5H2,1-3H3;1H4. The third-order valence-corrected chi connectivity index (χ3v) is 7.90. The second kappa shape index (κ2) is 12.1. The predicted molar refractivity (Wildman–Crippen MR) is 119 cm³/mol. The number of allylic oxidation sites excluding steroid dienone is 1. The van der Waals surface area contributed by atoms with Crippen LogP contribution in [0.2, 0.25) is 0 Å². The maximum Gasteiger partial charge on any atom is 0.602 e. The molecule has 6 atom stereocenters. The lowest BCUT2D eigenvalue weighted by atomic mass is 9.70.